The molecule has 0 bridgehead atoms. The topological polar surface area (TPSA) is 193 Å². The molecule has 0 radical (unpaired) electrons. The summed E-state index contributed by atoms with van der Waals surface area (Å²) in [5, 5.41) is 9.56. The maximum absolute atomic E-state index is 12.9. The summed E-state index contributed by atoms with van der Waals surface area (Å²) < 4.78 is 80.6. The number of fused-ring (bicyclic) bond motifs is 2. The molecule has 8 aromatic rings. The van der Waals surface area contributed by atoms with Gasteiger partial charge in [-0.2, -0.15) is 3.71 Å². The van der Waals surface area contributed by atoms with Crippen LogP contribution in [0.5, 0.6) is 0 Å². The number of aromatic nitrogens is 2. The van der Waals surface area contributed by atoms with Crippen LogP contribution < -0.4 is 151 Å². The molecule has 0 saturated heterocycles. The number of hydrogen-bond acceptors (Lipinski definition) is 11. The van der Waals surface area contributed by atoms with Crippen molar-refractivity contribution in [1.82, 2.24) is 9.97 Å². The molecule has 8 rings (SSSR count). The maximum Gasteiger partial charge on any atom is 1.00 e. The molecule has 2 aromatic heterocycles. The molecular weight excluding hydrogens is 1270 g/mol. The molecule has 0 aliphatic carbocycles. The molecule has 66 heavy (non-hydrogen) atoms. The summed E-state index contributed by atoms with van der Waals surface area (Å²) in [5.41, 5.74) is 7.34. The first-order valence-corrected chi connectivity index (χ1v) is 26.0. The second-order valence-electron chi connectivity index (χ2n) is 14.0. The number of nitrogens with zero attached hydrogens (tertiary/aromatic N) is 3. The predicted octanol–water partition coefficient (Wildman–Crippen LogP) is 3.31. The Hall–Kier alpha value is -1.92. The van der Waals surface area contributed by atoms with Gasteiger partial charge in [-0.1, -0.05) is 153 Å². The number of halogens is 2. The average Bonchev–Trinajstić information content (AvgIpc) is 3.26. The summed E-state index contributed by atoms with van der Waals surface area (Å²) in [6.07, 6.45) is 2.93. The summed E-state index contributed by atoms with van der Waals surface area (Å²) in [7, 11) is -11.9. The van der Waals surface area contributed by atoms with E-state index in [-0.39, 0.29) is 151 Å². The standard InChI is InChI=1S/C23H19BrN2O4S2.C22H17BrN2O2S.CH2O3.2Cs.H/c1-31(27,28)26(32(2,29)30)23-19-15-18(24)13-14-20(19)25-22(17-11-7-4-8-12-17)21(23)16-9-5-3-6-10-16;1-28(26,27)25-22-18-14-17(23)12-13-19(18)24-21(16-10-6-3-7-11-16)20(22)15-8-4-2-5-9-15;2-1-4-3;;;/h3-15H,1-2H3;2-14H,1H3,(H,24,25);1,3H;;;/q;;;2*+1;-1/p-1. The second kappa shape index (κ2) is 25.3. The minimum absolute atomic E-state index is 0. The van der Waals surface area contributed by atoms with Gasteiger partial charge < -0.3 is 11.6 Å². The molecule has 0 spiro atoms. The van der Waals surface area contributed by atoms with Gasteiger partial charge in [0.2, 0.25) is 30.1 Å². The van der Waals surface area contributed by atoms with E-state index in [0.29, 0.717) is 47.1 Å². The number of rotatable bonds is 10. The molecule has 0 amide bonds. The van der Waals surface area contributed by atoms with Crippen LogP contribution in [0.1, 0.15) is 1.43 Å². The van der Waals surface area contributed by atoms with Crippen molar-refractivity contribution in [3.8, 4) is 44.8 Å². The van der Waals surface area contributed by atoms with Gasteiger partial charge in [-0.05, 0) is 47.5 Å². The van der Waals surface area contributed by atoms with Crippen molar-refractivity contribution in [2.45, 2.75) is 0 Å². The summed E-state index contributed by atoms with van der Waals surface area (Å²) >= 11 is 6.90. The molecule has 0 aliphatic heterocycles. The van der Waals surface area contributed by atoms with Crippen molar-refractivity contribution in [2.24, 2.45) is 0 Å². The molecule has 0 aliphatic rings. The Balaban J connectivity index is 0.000000318. The Morgan fingerprint density at radius 1 is 0.561 bits per heavy atom. The average molecular weight is 1310 g/mol. The van der Waals surface area contributed by atoms with E-state index >= 15 is 0 Å². The van der Waals surface area contributed by atoms with Crippen LogP contribution in [0, 0.1) is 0 Å². The number of benzene rings is 6. The first-order chi connectivity index (χ1) is 30.4. The minimum Gasteiger partial charge on any atom is -1.00 e. The van der Waals surface area contributed by atoms with Crippen LogP contribution in [-0.2, 0) is 39.8 Å². The molecule has 1 N–H and O–H groups in total. The summed E-state index contributed by atoms with van der Waals surface area (Å²) in [4.78, 5) is 21.0. The zero-order chi connectivity index (χ0) is 46.2. The van der Waals surface area contributed by atoms with Crippen LogP contribution in [0.15, 0.2) is 167 Å². The van der Waals surface area contributed by atoms with Gasteiger partial charge in [0.15, 0.2) is 0 Å². The summed E-state index contributed by atoms with van der Waals surface area (Å²) in [6.45, 7) is -0.181. The van der Waals surface area contributed by atoms with Crippen LogP contribution in [0.3, 0.4) is 0 Å². The predicted molar refractivity (Wildman–Crippen MR) is 260 cm³/mol. The van der Waals surface area contributed by atoms with Crippen LogP contribution in [0.25, 0.3) is 66.6 Å². The van der Waals surface area contributed by atoms with Gasteiger partial charge in [0.05, 0.1) is 52.6 Å². The van der Waals surface area contributed by atoms with Gasteiger partial charge in [-0.3, -0.25) is 9.52 Å². The van der Waals surface area contributed by atoms with Gasteiger partial charge in [0.25, 0.3) is 6.47 Å². The molecule has 0 fully saturated rings. The monoisotopic (exact) mass is 1310 g/mol. The van der Waals surface area contributed by atoms with E-state index in [9.17, 15) is 25.3 Å². The normalized spacial score (nSPS) is 11.1. The second-order valence-corrected chi connectivity index (χ2v) is 21.4. The molecule has 330 valence electrons. The fourth-order valence-corrected chi connectivity index (χ4v) is 11.2. The van der Waals surface area contributed by atoms with E-state index in [0.717, 1.165) is 56.6 Å². The van der Waals surface area contributed by atoms with Crippen molar-refractivity contribution in [2.75, 3.05) is 27.2 Å². The molecular formula is C46H38Br2Cs2N4O9S3. The molecule has 13 nitrogen and oxygen atoms in total. The van der Waals surface area contributed by atoms with Gasteiger partial charge >= 0.3 is 138 Å². The zero-order valence-corrected chi connectivity index (χ0v) is 54.3. The van der Waals surface area contributed by atoms with E-state index < -0.39 is 30.1 Å². The molecule has 0 atom stereocenters. The largest absolute Gasteiger partial charge is 1.00 e. The number of hydrogen-bond donors (Lipinski definition) is 1. The molecule has 20 heteroatoms. The van der Waals surface area contributed by atoms with Gasteiger partial charge in [0.1, 0.15) is 0 Å². The van der Waals surface area contributed by atoms with E-state index in [4.69, 9.17) is 20.0 Å². The molecule has 2 heterocycles. The van der Waals surface area contributed by atoms with Crippen LogP contribution >= 0.6 is 31.9 Å². The fourth-order valence-electron chi connectivity index (χ4n) is 6.89. The summed E-state index contributed by atoms with van der Waals surface area (Å²) in [5.74, 6) is 0. The van der Waals surface area contributed by atoms with Crippen molar-refractivity contribution in [3.05, 3.63) is 167 Å². The van der Waals surface area contributed by atoms with Crippen molar-refractivity contribution < 1.29 is 179 Å². The van der Waals surface area contributed by atoms with E-state index in [2.05, 4.69) is 41.5 Å². The third-order valence-corrected chi connectivity index (χ3v) is 14.0. The first kappa shape index (κ1) is 56.7. The Morgan fingerprint density at radius 3 is 1.29 bits per heavy atom. The SMILES string of the molecule is CS(=O)(=O)N(c1c(-c2ccccc2)c(-c2ccccc2)nc2ccc(Br)cc12)S(C)(=O)=O.CS(=O)(=O)Nc1c(-c2ccccc2)c(-c2ccccc2)nc2ccc(Br)cc12.O=CO[O-].[Cs+].[Cs+].[H-]. The number of carbonyl (C=O) groups excluding carboxylic acids is 1. The number of sulfonamides is 3. The van der Waals surface area contributed by atoms with Crippen LogP contribution in [0.4, 0.5) is 11.4 Å². The molecule has 0 saturated carbocycles. The molecule has 6 aromatic carbocycles. The van der Waals surface area contributed by atoms with Gasteiger partial charge in [-0.15, -0.1) is 0 Å². The van der Waals surface area contributed by atoms with Crippen molar-refractivity contribution in [1.29, 1.82) is 0 Å². The van der Waals surface area contributed by atoms with E-state index in [1.807, 2.05) is 127 Å². The van der Waals surface area contributed by atoms with Crippen LogP contribution in [-0.4, -0.2) is 60.5 Å². The van der Waals surface area contributed by atoms with Gasteiger partial charge in [0, 0.05) is 42.0 Å². The Kier molecular flexibility index (Phi) is 21.7. The Morgan fingerprint density at radius 2 is 0.909 bits per heavy atom. The smallest absolute Gasteiger partial charge is 1.00 e. The van der Waals surface area contributed by atoms with E-state index in [1.165, 1.54) is 0 Å². The zero-order valence-electron chi connectivity index (χ0n) is 37.1. The van der Waals surface area contributed by atoms with Crippen molar-refractivity contribution >= 4 is 102 Å². The van der Waals surface area contributed by atoms with Crippen LogP contribution in [0.2, 0.25) is 0 Å². The number of anilines is 2. The third-order valence-electron chi connectivity index (χ3n) is 9.20. The maximum atomic E-state index is 12.9. The van der Waals surface area contributed by atoms with Crippen molar-refractivity contribution in [3.63, 3.8) is 0 Å². The number of nitrogens with one attached hydrogen (secondary N) is 1. The number of pyridine rings is 2. The fraction of sp³-hybridized carbons (Fsp3) is 0.0652. The number of carbonyl (C=O) groups is 1. The third kappa shape index (κ3) is 14.6. The summed E-state index contributed by atoms with van der Waals surface area (Å²) in [6, 6.07) is 48.7. The quantitative estimate of drug-likeness (QED) is 0.120. The van der Waals surface area contributed by atoms with E-state index in [1.54, 1.807) is 30.3 Å². The Labute approximate surface area is 519 Å². The first-order valence-electron chi connectivity index (χ1n) is 18.8. The van der Waals surface area contributed by atoms with Gasteiger partial charge in [-0.25, -0.2) is 35.2 Å². The molecule has 0 unspecified atom stereocenters. The minimum atomic E-state index is -4.21. The Bertz CT molecular complexity index is 3290.